The van der Waals surface area contributed by atoms with Crippen molar-refractivity contribution in [2.75, 3.05) is 12.0 Å². The van der Waals surface area contributed by atoms with Gasteiger partial charge in [-0.1, -0.05) is 0 Å². The monoisotopic (exact) mass is 192 g/mol. The van der Waals surface area contributed by atoms with Gasteiger partial charge in [-0.05, 0) is 12.0 Å². The van der Waals surface area contributed by atoms with E-state index in [0.29, 0.717) is 12.2 Å². The number of carbonyl (C=O) groups is 2. The molecule has 0 heterocycles. The predicted octanol–water partition coefficient (Wildman–Crippen LogP) is 0.756. The summed E-state index contributed by atoms with van der Waals surface area (Å²) >= 11 is 1.52. The Balaban J connectivity index is 3.87. The Bertz CT molecular complexity index is 169. The van der Waals surface area contributed by atoms with Crippen LogP contribution in [0.15, 0.2) is 0 Å². The van der Waals surface area contributed by atoms with Gasteiger partial charge >= 0.3 is 11.9 Å². The van der Waals surface area contributed by atoms with E-state index in [2.05, 4.69) is 4.74 Å². The zero-order chi connectivity index (χ0) is 9.56. The van der Waals surface area contributed by atoms with E-state index >= 15 is 0 Å². The Morgan fingerprint density at radius 3 is 2.50 bits per heavy atom. The number of thioether (sulfide) groups is 1. The van der Waals surface area contributed by atoms with Crippen molar-refractivity contribution in [1.29, 1.82) is 0 Å². The standard InChI is InChI=1S/C7H12O4S/c1-5(8)11-6(7(9)10)3-4-12-2/h6H,3-4H2,1-2H3,(H,9,10)/t6-/m0/s1. The second-order valence-electron chi connectivity index (χ2n) is 2.22. The molecule has 0 unspecified atom stereocenters. The maximum atomic E-state index is 10.5. The van der Waals surface area contributed by atoms with Crippen molar-refractivity contribution in [1.82, 2.24) is 0 Å². The molecule has 0 bridgehead atoms. The molecule has 1 atom stereocenters. The zero-order valence-corrected chi connectivity index (χ0v) is 7.89. The Hall–Kier alpha value is -0.710. The molecule has 0 rings (SSSR count). The van der Waals surface area contributed by atoms with Crippen LogP contribution in [0.2, 0.25) is 0 Å². The minimum atomic E-state index is -1.08. The van der Waals surface area contributed by atoms with Crippen LogP contribution in [0, 0.1) is 0 Å². The van der Waals surface area contributed by atoms with Gasteiger partial charge in [0.1, 0.15) is 0 Å². The minimum absolute atomic E-state index is 0.357. The van der Waals surface area contributed by atoms with Gasteiger partial charge in [0.25, 0.3) is 0 Å². The molecule has 5 heteroatoms. The van der Waals surface area contributed by atoms with Crippen LogP contribution in [0.3, 0.4) is 0 Å². The number of esters is 1. The fourth-order valence-electron chi connectivity index (χ4n) is 0.658. The molecule has 4 nitrogen and oxygen atoms in total. The number of ether oxygens (including phenoxy) is 1. The first-order valence-electron chi connectivity index (χ1n) is 3.47. The summed E-state index contributed by atoms with van der Waals surface area (Å²) in [5.74, 6) is -0.965. The molecular weight excluding hydrogens is 180 g/mol. The van der Waals surface area contributed by atoms with E-state index in [1.54, 1.807) is 0 Å². The SMILES string of the molecule is CSCC[C@H](OC(C)=O)C(=O)O. The van der Waals surface area contributed by atoms with Crippen molar-refractivity contribution < 1.29 is 19.4 Å². The normalized spacial score (nSPS) is 12.2. The van der Waals surface area contributed by atoms with Gasteiger partial charge in [0.2, 0.25) is 0 Å². The van der Waals surface area contributed by atoms with Gasteiger partial charge in [-0.3, -0.25) is 4.79 Å². The summed E-state index contributed by atoms with van der Waals surface area (Å²) in [6.07, 6.45) is 1.23. The first-order valence-corrected chi connectivity index (χ1v) is 4.86. The van der Waals surface area contributed by atoms with Crippen LogP contribution in [0.25, 0.3) is 0 Å². The molecule has 0 aliphatic carbocycles. The molecule has 0 fully saturated rings. The number of carbonyl (C=O) groups excluding carboxylic acids is 1. The second-order valence-corrected chi connectivity index (χ2v) is 3.20. The number of hydrogen-bond acceptors (Lipinski definition) is 4. The smallest absolute Gasteiger partial charge is 0.345 e. The molecule has 12 heavy (non-hydrogen) atoms. The van der Waals surface area contributed by atoms with Gasteiger partial charge in [0, 0.05) is 13.3 Å². The van der Waals surface area contributed by atoms with Crippen molar-refractivity contribution in [3.63, 3.8) is 0 Å². The van der Waals surface area contributed by atoms with E-state index in [9.17, 15) is 9.59 Å². The highest BCUT2D eigenvalue weighted by molar-refractivity contribution is 7.98. The highest BCUT2D eigenvalue weighted by Gasteiger charge is 2.19. The Morgan fingerprint density at radius 1 is 1.58 bits per heavy atom. The van der Waals surface area contributed by atoms with Gasteiger partial charge in [-0.15, -0.1) is 0 Å². The van der Waals surface area contributed by atoms with Gasteiger partial charge in [-0.25, -0.2) is 4.79 Å². The minimum Gasteiger partial charge on any atom is -0.479 e. The lowest BCUT2D eigenvalue weighted by Crippen LogP contribution is -2.26. The summed E-state index contributed by atoms with van der Waals surface area (Å²) in [5.41, 5.74) is 0. The van der Waals surface area contributed by atoms with E-state index in [1.807, 2.05) is 6.26 Å². The first kappa shape index (κ1) is 11.3. The number of carboxylic acid groups (broad SMARTS) is 1. The maximum absolute atomic E-state index is 10.5. The number of rotatable bonds is 5. The molecule has 0 saturated heterocycles. The van der Waals surface area contributed by atoms with Crippen LogP contribution < -0.4 is 0 Å². The van der Waals surface area contributed by atoms with Crippen LogP contribution >= 0.6 is 11.8 Å². The summed E-state index contributed by atoms with van der Waals surface area (Å²) < 4.78 is 4.56. The average molecular weight is 192 g/mol. The fraction of sp³-hybridized carbons (Fsp3) is 0.714. The third-order valence-corrected chi connectivity index (χ3v) is 1.81. The molecule has 0 aromatic heterocycles. The Morgan fingerprint density at radius 2 is 2.17 bits per heavy atom. The lowest BCUT2D eigenvalue weighted by atomic mass is 10.3. The van der Waals surface area contributed by atoms with Crippen LogP contribution in [0.5, 0.6) is 0 Å². The largest absolute Gasteiger partial charge is 0.479 e. The Kier molecular flexibility index (Phi) is 5.53. The van der Waals surface area contributed by atoms with E-state index in [0.717, 1.165) is 0 Å². The number of hydrogen-bond donors (Lipinski definition) is 1. The van der Waals surface area contributed by atoms with E-state index in [4.69, 9.17) is 5.11 Å². The van der Waals surface area contributed by atoms with Gasteiger partial charge < -0.3 is 9.84 Å². The average Bonchev–Trinajstić information content (AvgIpc) is 1.96. The zero-order valence-electron chi connectivity index (χ0n) is 7.07. The van der Waals surface area contributed by atoms with Crippen molar-refractivity contribution in [3.8, 4) is 0 Å². The van der Waals surface area contributed by atoms with Crippen LogP contribution in [0.1, 0.15) is 13.3 Å². The number of aliphatic carboxylic acids is 1. The molecule has 0 saturated carbocycles. The molecule has 1 N–H and O–H groups in total. The van der Waals surface area contributed by atoms with E-state index < -0.39 is 18.0 Å². The second kappa shape index (κ2) is 5.88. The Labute approximate surface area is 75.3 Å². The lowest BCUT2D eigenvalue weighted by molar-refractivity contribution is -0.162. The summed E-state index contributed by atoms with van der Waals surface area (Å²) in [6.45, 7) is 1.20. The van der Waals surface area contributed by atoms with Crippen molar-refractivity contribution in [3.05, 3.63) is 0 Å². The maximum Gasteiger partial charge on any atom is 0.345 e. The van der Waals surface area contributed by atoms with E-state index in [-0.39, 0.29) is 0 Å². The molecule has 0 radical (unpaired) electrons. The van der Waals surface area contributed by atoms with E-state index in [1.165, 1.54) is 18.7 Å². The lowest BCUT2D eigenvalue weighted by Gasteiger charge is -2.10. The molecule has 70 valence electrons. The van der Waals surface area contributed by atoms with Crippen LogP contribution in [-0.2, 0) is 14.3 Å². The van der Waals surface area contributed by atoms with Gasteiger partial charge in [0.15, 0.2) is 6.10 Å². The van der Waals surface area contributed by atoms with Gasteiger partial charge in [0.05, 0.1) is 0 Å². The van der Waals surface area contributed by atoms with Crippen LogP contribution in [0.4, 0.5) is 0 Å². The van der Waals surface area contributed by atoms with Crippen molar-refractivity contribution >= 4 is 23.7 Å². The van der Waals surface area contributed by atoms with Crippen molar-refractivity contribution in [2.45, 2.75) is 19.4 Å². The highest BCUT2D eigenvalue weighted by atomic mass is 32.2. The molecule has 0 aliphatic rings. The molecular formula is C7H12O4S. The third kappa shape index (κ3) is 5.01. The molecule has 0 spiro atoms. The number of carboxylic acids is 1. The molecule has 0 aliphatic heterocycles. The summed E-state index contributed by atoms with van der Waals surface area (Å²) in [4.78, 5) is 20.9. The quantitative estimate of drug-likeness (QED) is 0.651. The highest BCUT2D eigenvalue weighted by Crippen LogP contribution is 2.04. The summed E-state index contributed by atoms with van der Waals surface area (Å²) in [5, 5.41) is 8.56. The summed E-state index contributed by atoms with van der Waals surface area (Å²) in [6, 6.07) is 0. The molecule has 0 amide bonds. The fourth-order valence-corrected chi connectivity index (χ4v) is 1.11. The predicted molar refractivity (Wildman–Crippen MR) is 46.2 cm³/mol. The summed E-state index contributed by atoms with van der Waals surface area (Å²) in [7, 11) is 0. The molecule has 0 aromatic rings. The first-order chi connectivity index (χ1) is 5.57. The topological polar surface area (TPSA) is 63.6 Å². The van der Waals surface area contributed by atoms with Crippen LogP contribution in [-0.4, -0.2) is 35.2 Å². The van der Waals surface area contributed by atoms with Crippen molar-refractivity contribution in [2.24, 2.45) is 0 Å². The van der Waals surface area contributed by atoms with Gasteiger partial charge in [-0.2, -0.15) is 11.8 Å². The third-order valence-electron chi connectivity index (χ3n) is 1.17. The molecule has 0 aromatic carbocycles.